The average molecular weight is 563 g/mol. The first-order valence-corrected chi connectivity index (χ1v) is 13.0. The Labute approximate surface area is 215 Å². The molecule has 2 N–H and O–H groups in total. The number of hydrogen-bond acceptors (Lipinski definition) is 9. The number of benzene rings is 1. The number of imidazole rings is 1. The maximum Gasteiger partial charge on any atom is 0.410 e. The van der Waals surface area contributed by atoms with Gasteiger partial charge in [0.05, 0.1) is 0 Å². The Bertz CT molecular complexity index is 1270. The van der Waals surface area contributed by atoms with E-state index in [0.29, 0.717) is 54.0 Å². The molecule has 3 aromatic rings. The summed E-state index contributed by atoms with van der Waals surface area (Å²) >= 11 is 5.14. The Balaban J connectivity index is 1.37. The second-order valence-electron chi connectivity index (χ2n) is 9.58. The van der Waals surface area contributed by atoms with Gasteiger partial charge in [0.1, 0.15) is 11.9 Å². The SMILES string of the molecule is CC(C)(C)OC(=O)N1CCC(Cn2c(Sc3cc4c(cc3Br)OCO4)nc3c(N)ncnc32)CC1. The van der Waals surface area contributed by atoms with Crippen LogP contribution in [-0.4, -0.2) is 56.0 Å². The van der Waals surface area contributed by atoms with E-state index in [4.69, 9.17) is 24.9 Å². The van der Waals surface area contributed by atoms with Gasteiger partial charge in [-0.2, -0.15) is 0 Å². The van der Waals surface area contributed by atoms with Crippen LogP contribution in [0.2, 0.25) is 0 Å². The van der Waals surface area contributed by atoms with E-state index >= 15 is 0 Å². The van der Waals surface area contributed by atoms with Crippen molar-refractivity contribution in [2.75, 3.05) is 25.6 Å². The molecular formula is C23H27BrN6O4S. The minimum absolute atomic E-state index is 0.211. The number of aromatic nitrogens is 4. The summed E-state index contributed by atoms with van der Waals surface area (Å²) < 4.78 is 19.5. The molecule has 186 valence electrons. The molecule has 0 unspecified atom stereocenters. The number of nitrogens with zero attached hydrogens (tertiary/aromatic N) is 5. The normalized spacial score (nSPS) is 16.2. The van der Waals surface area contributed by atoms with E-state index in [1.807, 2.05) is 32.9 Å². The van der Waals surface area contributed by atoms with E-state index < -0.39 is 5.60 Å². The second kappa shape index (κ2) is 9.38. The monoisotopic (exact) mass is 562 g/mol. The van der Waals surface area contributed by atoms with Crippen LogP contribution in [0.25, 0.3) is 11.2 Å². The lowest BCUT2D eigenvalue weighted by Gasteiger charge is -2.33. The van der Waals surface area contributed by atoms with Gasteiger partial charge in [-0.25, -0.2) is 19.7 Å². The fourth-order valence-electron chi connectivity index (χ4n) is 4.13. The van der Waals surface area contributed by atoms with Crippen molar-refractivity contribution < 1.29 is 19.0 Å². The zero-order valence-corrected chi connectivity index (χ0v) is 22.2. The maximum absolute atomic E-state index is 12.5. The first-order chi connectivity index (χ1) is 16.7. The van der Waals surface area contributed by atoms with Gasteiger partial charge in [-0.3, -0.25) is 0 Å². The van der Waals surface area contributed by atoms with Crippen molar-refractivity contribution in [3.8, 4) is 11.5 Å². The maximum atomic E-state index is 12.5. The van der Waals surface area contributed by atoms with Crippen molar-refractivity contribution in [2.24, 2.45) is 5.92 Å². The largest absolute Gasteiger partial charge is 0.454 e. The smallest absolute Gasteiger partial charge is 0.410 e. The fraction of sp³-hybridized carbons (Fsp3) is 0.478. The number of halogens is 1. The molecular weight excluding hydrogens is 536 g/mol. The van der Waals surface area contributed by atoms with Crippen LogP contribution in [0.3, 0.4) is 0 Å². The molecule has 1 aromatic carbocycles. The Morgan fingerprint density at radius 1 is 1.23 bits per heavy atom. The van der Waals surface area contributed by atoms with Crippen molar-refractivity contribution in [2.45, 2.75) is 55.8 Å². The number of piperidine rings is 1. The highest BCUT2D eigenvalue weighted by Crippen LogP contribution is 2.43. The third-order valence-corrected chi connectivity index (χ3v) is 7.83. The molecule has 0 bridgehead atoms. The third-order valence-electron chi connectivity index (χ3n) is 5.86. The van der Waals surface area contributed by atoms with Gasteiger partial charge in [0, 0.05) is 29.0 Å². The van der Waals surface area contributed by atoms with Crippen molar-refractivity contribution in [1.82, 2.24) is 24.4 Å². The summed E-state index contributed by atoms with van der Waals surface area (Å²) in [5.74, 6) is 2.11. The molecule has 2 aliphatic heterocycles. The number of ether oxygens (including phenoxy) is 3. The van der Waals surface area contributed by atoms with Gasteiger partial charge >= 0.3 is 6.09 Å². The molecule has 12 heteroatoms. The molecule has 0 aliphatic carbocycles. The number of hydrogen-bond donors (Lipinski definition) is 1. The molecule has 5 rings (SSSR count). The van der Waals surface area contributed by atoms with E-state index in [-0.39, 0.29) is 12.9 Å². The molecule has 0 radical (unpaired) electrons. The minimum atomic E-state index is -0.502. The Morgan fingerprint density at radius 3 is 2.66 bits per heavy atom. The molecule has 1 fully saturated rings. The second-order valence-corrected chi connectivity index (χ2v) is 11.4. The van der Waals surface area contributed by atoms with E-state index in [0.717, 1.165) is 27.4 Å². The van der Waals surface area contributed by atoms with Crippen LogP contribution in [0, 0.1) is 5.92 Å². The molecule has 10 nitrogen and oxygen atoms in total. The van der Waals surface area contributed by atoms with Crippen molar-refractivity contribution in [3.63, 3.8) is 0 Å². The zero-order chi connectivity index (χ0) is 24.7. The lowest BCUT2D eigenvalue weighted by molar-refractivity contribution is 0.0177. The van der Waals surface area contributed by atoms with Crippen LogP contribution >= 0.6 is 27.7 Å². The molecule has 0 atom stereocenters. The molecule has 1 saturated heterocycles. The van der Waals surface area contributed by atoms with E-state index in [9.17, 15) is 4.79 Å². The van der Waals surface area contributed by atoms with Crippen molar-refractivity contribution in [1.29, 1.82) is 0 Å². The summed E-state index contributed by atoms with van der Waals surface area (Å²) in [6.45, 7) is 7.87. The van der Waals surface area contributed by atoms with Crippen LogP contribution in [-0.2, 0) is 11.3 Å². The molecule has 0 saturated carbocycles. The summed E-state index contributed by atoms with van der Waals surface area (Å²) in [5.41, 5.74) is 6.91. The molecule has 2 aliphatic rings. The van der Waals surface area contributed by atoms with Crippen LogP contribution in [0.5, 0.6) is 11.5 Å². The van der Waals surface area contributed by atoms with Gasteiger partial charge in [-0.15, -0.1) is 0 Å². The molecule has 4 heterocycles. The van der Waals surface area contributed by atoms with Crippen LogP contribution in [0.15, 0.2) is 33.0 Å². The predicted octanol–water partition coefficient (Wildman–Crippen LogP) is 4.70. The standard InChI is InChI=1S/C23H27BrN6O4S/c1-23(2,3)34-22(31)29-6-4-13(5-7-29)10-30-20-18(19(25)26-11-27-20)28-21(30)35-17-9-16-15(8-14(17)24)32-12-33-16/h8-9,11,13H,4-7,10,12H2,1-3H3,(H2,25,26,27). The van der Waals surface area contributed by atoms with Crippen molar-refractivity contribution in [3.05, 3.63) is 22.9 Å². The lowest BCUT2D eigenvalue weighted by atomic mass is 9.97. The molecule has 35 heavy (non-hydrogen) atoms. The van der Waals surface area contributed by atoms with Crippen LogP contribution in [0.1, 0.15) is 33.6 Å². The van der Waals surface area contributed by atoms with Crippen LogP contribution < -0.4 is 15.2 Å². The van der Waals surface area contributed by atoms with E-state index in [2.05, 4.69) is 30.5 Å². The Kier molecular flexibility index (Phi) is 6.43. The van der Waals surface area contributed by atoms with E-state index in [1.165, 1.54) is 18.1 Å². The number of carbonyl (C=O) groups is 1. The van der Waals surface area contributed by atoms with Crippen LogP contribution in [0.4, 0.5) is 10.6 Å². The molecule has 1 amide bonds. The van der Waals surface area contributed by atoms with Crippen molar-refractivity contribution >= 4 is 50.8 Å². The number of nitrogens with two attached hydrogens (primary N) is 1. The molecule has 2 aromatic heterocycles. The average Bonchev–Trinajstić information content (AvgIpc) is 3.38. The number of rotatable bonds is 4. The highest BCUT2D eigenvalue weighted by atomic mass is 79.9. The minimum Gasteiger partial charge on any atom is -0.454 e. The van der Waals surface area contributed by atoms with Gasteiger partial charge in [0.2, 0.25) is 6.79 Å². The predicted molar refractivity (Wildman–Crippen MR) is 135 cm³/mol. The van der Waals surface area contributed by atoms with Gasteiger partial charge < -0.3 is 29.4 Å². The topological polar surface area (TPSA) is 118 Å². The van der Waals surface area contributed by atoms with Gasteiger partial charge in [0.15, 0.2) is 33.6 Å². The number of nitrogen functional groups attached to an aromatic ring is 1. The first kappa shape index (κ1) is 24.0. The summed E-state index contributed by atoms with van der Waals surface area (Å²) in [6.07, 6.45) is 2.92. The third kappa shape index (κ3) is 5.13. The number of carbonyl (C=O) groups excluding carboxylic acids is 1. The highest BCUT2D eigenvalue weighted by Gasteiger charge is 2.28. The number of likely N-dealkylation sites (tertiary alicyclic amines) is 1. The number of anilines is 1. The van der Waals surface area contributed by atoms with Gasteiger partial charge in [-0.05, 0) is 67.6 Å². The number of fused-ring (bicyclic) bond motifs is 2. The first-order valence-electron chi connectivity index (χ1n) is 11.4. The summed E-state index contributed by atoms with van der Waals surface area (Å²) in [5, 5.41) is 0.765. The quantitative estimate of drug-likeness (QED) is 0.482. The zero-order valence-electron chi connectivity index (χ0n) is 19.8. The molecule has 0 spiro atoms. The fourth-order valence-corrected chi connectivity index (χ4v) is 5.63. The Hall–Kier alpha value is -2.73. The van der Waals surface area contributed by atoms with E-state index in [1.54, 1.807) is 4.90 Å². The van der Waals surface area contributed by atoms with Gasteiger partial charge in [0.25, 0.3) is 0 Å². The van der Waals surface area contributed by atoms with Gasteiger partial charge in [-0.1, -0.05) is 11.8 Å². The summed E-state index contributed by atoms with van der Waals surface area (Å²) in [7, 11) is 0. The Morgan fingerprint density at radius 2 is 1.94 bits per heavy atom. The highest BCUT2D eigenvalue weighted by molar-refractivity contribution is 9.10. The number of amides is 1. The lowest BCUT2D eigenvalue weighted by Crippen LogP contribution is -2.42. The summed E-state index contributed by atoms with van der Waals surface area (Å²) in [6, 6.07) is 3.84. The summed E-state index contributed by atoms with van der Waals surface area (Å²) in [4.78, 5) is 28.6.